The Labute approximate surface area is 132 Å². The molecule has 1 aliphatic carbocycles. The van der Waals surface area contributed by atoms with E-state index in [2.05, 4.69) is 15.5 Å². The van der Waals surface area contributed by atoms with Crippen LogP contribution in [0.3, 0.4) is 0 Å². The molecule has 7 heteroatoms. The smallest absolute Gasteiger partial charge is 0.241 e. The summed E-state index contributed by atoms with van der Waals surface area (Å²) in [5.41, 5.74) is 18.3. The van der Waals surface area contributed by atoms with Crippen LogP contribution >= 0.6 is 0 Å². The van der Waals surface area contributed by atoms with Gasteiger partial charge in [0.25, 0.3) is 0 Å². The zero-order valence-electron chi connectivity index (χ0n) is 13.5. The van der Waals surface area contributed by atoms with E-state index in [0.717, 1.165) is 32.1 Å². The predicted molar refractivity (Wildman–Crippen MR) is 83.9 cm³/mol. The van der Waals surface area contributed by atoms with Crippen molar-refractivity contribution in [3.63, 3.8) is 0 Å². The second-order valence-corrected chi connectivity index (χ2v) is 6.50. The van der Waals surface area contributed by atoms with Gasteiger partial charge in [0, 0.05) is 6.04 Å². The maximum atomic E-state index is 12.8. The SMILES string of the molecule is CCCC(N=[N-])NC(C)C(=O)N1C(N=[N-])CC2CCCCC21. The van der Waals surface area contributed by atoms with Crippen molar-refractivity contribution >= 4 is 5.91 Å². The Bertz CT molecular complexity index is 415. The van der Waals surface area contributed by atoms with Crippen LogP contribution in [0.25, 0.3) is 11.1 Å². The van der Waals surface area contributed by atoms with Gasteiger partial charge in [-0.05, 0) is 38.5 Å². The lowest BCUT2D eigenvalue weighted by Gasteiger charge is -2.36. The summed E-state index contributed by atoms with van der Waals surface area (Å²) in [4.78, 5) is 14.5. The first kappa shape index (κ1) is 17.0. The van der Waals surface area contributed by atoms with Crippen LogP contribution in [0.1, 0.15) is 58.8 Å². The van der Waals surface area contributed by atoms with E-state index in [-0.39, 0.29) is 11.9 Å². The fourth-order valence-electron chi connectivity index (χ4n) is 3.88. The number of fused-ring (bicyclic) bond motifs is 1. The van der Waals surface area contributed by atoms with Gasteiger partial charge in [0.1, 0.15) is 6.17 Å². The van der Waals surface area contributed by atoms with Crippen molar-refractivity contribution in [3.05, 3.63) is 11.1 Å². The van der Waals surface area contributed by atoms with Gasteiger partial charge in [-0.2, -0.15) is 0 Å². The largest absolute Gasteiger partial charge is 0.711 e. The molecule has 1 saturated carbocycles. The maximum absolute atomic E-state index is 12.8. The highest BCUT2D eigenvalue weighted by Crippen LogP contribution is 2.40. The number of carbonyl (C=O) groups excluding carboxylic acids is 1. The third kappa shape index (κ3) is 3.51. The van der Waals surface area contributed by atoms with Crippen LogP contribution in [0.4, 0.5) is 0 Å². The van der Waals surface area contributed by atoms with E-state index >= 15 is 0 Å². The van der Waals surface area contributed by atoms with Crippen molar-refractivity contribution in [3.8, 4) is 0 Å². The molecule has 2 rings (SSSR count). The monoisotopic (exact) mass is 306 g/mol. The summed E-state index contributed by atoms with van der Waals surface area (Å²) < 4.78 is 0. The van der Waals surface area contributed by atoms with E-state index in [4.69, 9.17) is 5.53 Å². The molecule has 124 valence electrons. The highest BCUT2D eigenvalue weighted by molar-refractivity contribution is 5.82. The molecule has 1 saturated heterocycles. The summed E-state index contributed by atoms with van der Waals surface area (Å²) in [5.74, 6) is 0.377. The number of hydrogen-bond acceptors (Lipinski definition) is 4. The van der Waals surface area contributed by atoms with Crippen molar-refractivity contribution in [2.24, 2.45) is 16.1 Å². The number of nitrogens with zero attached hydrogens (tertiary/aromatic N) is 5. The second kappa shape index (κ2) is 7.76. The van der Waals surface area contributed by atoms with Crippen LogP contribution in [-0.4, -0.2) is 35.2 Å². The first-order valence-electron chi connectivity index (χ1n) is 8.39. The predicted octanol–water partition coefficient (Wildman–Crippen LogP) is 3.25. The van der Waals surface area contributed by atoms with Gasteiger partial charge in [0.15, 0.2) is 0 Å². The Kier molecular flexibility index (Phi) is 5.99. The molecule has 0 aromatic carbocycles. The molecular weight excluding hydrogens is 280 g/mol. The minimum Gasteiger partial charge on any atom is -0.711 e. The molecular formula is C15H26N6O-2. The summed E-state index contributed by atoms with van der Waals surface area (Å²) >= 11 is 0. The lowest BCUT2D eigenvalue weighted by molar-refractivity contribution is -0.136. The third-order valence-electron chi connectivity index (χ3n) is 4.96. The van der Waals surface area contributed by atoms with Crippen molar-refractivity contribution < 1.29 is 4.79 Å². The molecule has 0 spiro atoms. The quantitative estimate of drug-likeness (QED) is 0.730. The molecule has 0 aromatic heterocycles. The van der Waals surface area contributed by atoms with Crippen LogP contribution in [-0.2, 0) is 4.79 Å². The Morgan fingerprint density at radius 2 is 2.09 bits per heavy atom. The second-order valence-electron chi connectivity index (χ2n) is 6.50. The molecule has 1 amide bonds. The van der Waals surface area contributed by atoms with E-state index in [1.54, 1.807) is 11.8 Å². The van der Waals surface area contributed by atoms with Gasteiger partial charge in [0.2, 0.25) is 5.91 Å². The number of nitrogens with one attached hydrogen (secondary N) is 1. The standard InChI is InChI=1S/C15H26N6O/c1-3-6-13(19-16)18-10(2)15(22)21-12-8-5-4-7-11(12)9-14(21)20-17/h10-14,18H,3-9H2,1-2H3/q-2. The van der Waals surface area contributed by atoms with E-state index < -0.39 is 18.4 Å². The zero-order valence-corrected chi connectivity index (χ0v) is 13.5. The summed E-state index contributed by atoms with van der Waals surface area (Å²) in [5, 5.41) is 9.78. The average Bonchev–Trinajstić information content (AvgIpc) is 2.91. The van der Waals surface area contributed by atoms with Crippen LogP contribution < -0.4 is 5.32 Å². The fourth-order valence-corrected chi connectivity index (χ4v) is 3.88. The van der Waals surface area contributed by atoms with Gasteiger partial charge in [-0.1, -0.05) is 26.2 Å². The lowest BCUT2D eigenvalue weighted by atomic mass is 9.85. The molecule has 0 radical (unpaired) electrons. The van der Waals surface area contributed by atoms with Gasteiger partial charge >= 0.3 is 0 Å². The molecule has 22 heavy (non-hydrogen) atoms. The number of amides is 1. The van der Waals surface area contributed by atoms with Crippen molar-refractivity contribution in [2.75, 3.05) is 0 Å². The summed E-state index contributed by atoms with van der Waals surface area (Å²) in [6.07, 6.45) is 5.83. The Morgan fingerprint density at radius 3 is 2.73 bits per heavy atom. The van der Waals surface area contributed by atoms with Gasteiger partial charge in [-0.3, -0.25) is 10.1 Å². The number of likely N-dealkylation sites (tertiary alicyclic amines) is 1. The molecule has 1 aliphatic heterocycles. The molecule has 5 unspecified atom stereocenters. The van der Waals surface area contributed by atoms with Gasteiger partial charge < -0.3 is 26.2 Å². The number of hydrogen-bond donors (Lipinski definition) is 1. The molecule has 1 heterocycles. The van der Waals surface area contributed by atoms with Crippen molar-refractivity contribution in [1.29, 1.82) is 0 Å². The number of carbonyl (C=O) groups is 1. The third-order valence-corrected chi connectivity index (χ3v) is 4.96. The number of rotatable bonds is 7. The summed E-state index contributed by atoms with van der Waals surface area (Å²) in [7, 11) is 0. The topological polar surface area (TPSA) is 102 Å². The van der Waals surface area contributed by atoms with Crippen LogP contribution in [0.15, 0.2) is 10.2 Å². The minimum absolute atomic E-state index is 0.0676. The van der Waals surface area contributed by atoms with Gasteiger partial charge in [-0.25, -0.2) is 0 Å². The van der Waals surface area contributed by atoms with Gasteiger partial charge in [0.05, 0.1) is 12.2 Å². The molecule has 2 fully saturated rings. The highest BCUT2D eigenvalue weighted by atomic mass is 16.2. The minimum atomic E-state index is -0.461. The summed E-state index contributed by atoms with van der Waals surface area (Å²) in [6.45, 7) is 3.78. The van der Waals surface area contributed by atoms with Crippen LogP contribution in [0, 0.1) is 5.92 Å². The van der Waals surface area contributed by atoms with Crippen molar-refractivity contribution in [1.82, 2.24) is 10.2 Å². The highest BCUT2D eigenvalue weighted by Gasteiger charge is 2.44. The molecule has 0 bridgehead atoms. The Morgan fingerprint density at radius 1 is 1.36 bits per heavy atom. The molecule has 1 N–H and O–H groups in total. The maximum Gasteiger partial charge on any atom is 0.241 e. The zero-order chi connectivity index (χ0) is 16.1. The molecule has 2 aliphatic rings. The van der Waals surface area contributed by atoms with E-state index in [9.17, 15) is 10.3 Å². The van der Waals surface area contributed by atoms with E-state index in [1.165, 1.54) is 6.42 Å². The van der Waals surface area contributed by atoms with Crippen molar-refractivity contribution in [2.45, 2.75) is 83.2 Å². The van der Waals surface area contributed by atoms with E-state index in [1.807, 2.05) is 6.92 Å². The fraction of sp³-hybridized carbons (Fsp3) is 0.933. The first-order valence-corrected chi connectivity index (χ1v) is 8.39. The lowest BCUT2D eigenvalue weighted by Crippen LogP contribution is -2.52. The molecule has 7 nitrogen and oxygen atoms in total. The van der Waals surface area contributed by atoms with Gasteiger partial charge in [-0.15, -0.1) is 0 Å². The first-order chi connectivity index (χ1) is 10.6. The normalized spacial score (nSPS) is 30.5. The molecule has 0 aromatic rings. The average molecular weight is 306 g/mol. The Balaban J connectivity index is 2.05. The molecule has 5 atom stereocenters. The van der Waals surface area contributed by atoms with Crippen LogP contribution in [0.2, 0.25) is 0 Å². The summed E-state index contributed by atoms with van der Waals surface area (Å²) in [6, 6.07) is -0.278. The van der Waals surface area contributed by atoms with E-state index in [0.29, 0.717) is 12.3 Å². The van der Waals surface area contributed by atoms with Crippen LogP contribution in [0.5, 0.6) is 0 Å². The Hall–Kier alpha value is -1.37.